The van der Waals surface area contributed by atoms with Crippen LogP contribution in [-0.2, 0) is 6.42 Å². The molecule has 28 heavy (non-hydrogen) atoms. The summed E-state index contributed by atoms with van der Waals surface area (Å²) in [5.41, 5.74) is 3.58. The van der Waals surface area contributed by atoms with Crippen LogP contribution in [0.15, 0.2) is 42.6 Å². The molecule has 1 saturated carbocycles. The van der Waals surface area contributed by atoms with Gasteiger partial charge < -0.3 is 4.74 Å². The first-order valence-corrected chi connectivity index (χ1v) is 11.5. The first-order chi connectivity index (χ1) is 13.8. The lowest BCUT2D eigenvalue weighted by atomic mass is 9.79. The third kappa shape index (κ3) is 6.36. The molecule has 2 heteroatoms. The molecule has 1 fully saturated rings. The van der Waals surface area contributed by atoms with Crippen molar-refractivity contribution in [3.05, 3.63) is 48.2 Å². The van der Waals surface area contributed by atoms with E-state index in [1.165, 1.54) is 63.4 Å². The molecule has 1 aromatic heterocycles. The summed E-state index contributed by atoms with van der Waals surface area (Å²) >= 11 is 0. The fourth-order valence-electron chi connectivity index (χ4n) is 4.31. The van der Waals surface area contributed by atoms with E-state index in [-0.39, 0.29) is 0 Å². The van der Waals surface area contributed by atoms with Crippen LogP contribution in [0.3, 0.4) is 0 Å². The number of hydrogen-bond acceptors (Lipinski definition) is 2. The summed E-state index contributed by atoms with van der Waals surface area (Å²) in [6.07, 6.45) is 15.2. The van der Waals surface area contributed by atoms with Crippen molar-refractivity contribution in [3.63, 3.8) is 0 Å². The smallest absolute Gasteiger partial charge is 0.119 e. The first-order valence-electron chi connectivity index (χ1n) is 11.5. The van der Waals surface area contributed by atoms with E-state index in [9.17, 15) is 0 Å². The number of benzene rings is 1. The lowest BCUT2D eigenvalue weighted by Gasteiger charge is -2.27. The van der Waals surface area contributed by atoms with Gasteiger partial charge in [-0.1, -0.05) is 64.9 Å². The van der Waals surface area contributed by atoms with E-state index in [4.69, 9.17) is 9.72 Å². The Kier molecular flexibility index (Phi) is 8.39. The number of nitrogens with zero attached hydrogens (tertiary/aromatic N) is 1. The predicted molar refractivity (Wildman–Crippen MR) is 119 cm³/mol. The zero-order valence-corrected chi connectivity index (χ0v) is 17.8. The lowest BCUT2D eigenvalue weighted by molar-refractivity contribution is 0.259. The molecule has 0 aliphatic heterocycles. The van der Waals surface area contributed by atoms with Crippen molar-refractivity contribution in [2.75, 3.05) is 6.61 Å². The molecule has 2 nitrogen and oxygen atoms in total. The fraction of sp³-hybridized carbons (Fsp3) is 0.577. The topological polar surface area (TPSA) is 22.1 Å². The van der Waals surface area contributed by atoms with E-state index in [1.807, 2.05) is 0 Å². The van der Waals surface area contributed by atoms with Crippen LogP contribution in [0.4, 0.5) is 0 Å². The zero-order chi connectivity index (χ0) is 19.6. The van der Waals surface area contributed by atoms with Gasteiger partial charge in [0, 0.05) is 11.8 Å². The van der Waals surface area contributed by atoms with E-state index in [0.29, 0.717) is 0 Å². The molecule has 1 aromatic carbocycles. The maximum atomic E-state index is 5.80. The Morgan fingerprint density at radius 1 is 0.893 bits per heavy atom. The Hall–Kier alpha value is -1.83. The van der Waals surface area contributed by atoms with Gasteiger partial charge in [-0.15, -0.1) is 0 Å². The molecule has 0 N–H and O–H groups in total. The van der Waals surface area contributed by atoms with Crippen molar-refractivity contribution in [3.8, 4) is 17.0 Å². The highest BCUT2D eigenvalue weighted by Gasteiger charge is 2.19. The highest BCUT2D eigenvalue weighted by atomic mass is 16.5. The van der Waals surface area contributed by atoms with Gasteiger partial charge >= 0.3 is 0 Å². The van der Waals surface area contributed by atoms with Crippen molar-refractivity contribution in [2.45, 2.75) is 78.1 Å². The van der Waals surface area contributed by atoms with Gasteiger partial charge in [0.2, 0.25) is 0 Å². The third-order valence-corrected chi connectivity index (χ3v) is 6.38. The molecule has 152 valence electrons. The molecular weight excluding hydrogens is 342 g/mol. The largest absolute Gasteiger partial charge is 0.494 e. The molecule has 1 aliphatic rings. The Labute approximate surface area is 171 Å². The van der Waals surface area contributed by atoms with Gasteiger partial charge in [0.15, 0.2) is 0 Å². The molecule has 1 aliphatic carbocycles. The molecule has 0 atom stereocenters. The lowest BCUT2D eigenvalue weighted by Crippen LogP contribution is -2.14. The minimum absolute atomic E-state index is 0.806. The molecule has 0 radical (unpaired) electrons. The van der Waals surface area contributed by atoms with E-state index in [2.05, 4.69) is 56.4 Å². The quantitative estimate of drug-likeness (QED) is 0.399. The van der Waals surface area contributed by atoms with Crippen LogP contribution in [0.2, 0.25) is 0 Å². The Morgan fingerprint density at radius 3 is 2.29 bits per heavy atom. The maximum Gasteiger partial charge on any atom is 0.119 e. The highest BCUT2D eigenvalue weighted by Crippen LogP contribution is 2.33. The summed E-state index contributed by atoms with van der Waals surface area (Å²) in [7, 11) is 0. The van der Waals surface area contributed by atoms with E-state index in [1.54, 1.807) is 0 Å². The van der Waals surface area contributed by atoms with Crippen LogP contribution in [0.5, 0.6) is 5.75 Å². The number of rotatable bonds is 10. The molecular formula is C26H37NO. The van der Waals surface area contributed by atoms with E-state index >= 15 is 0 Å². The normalized spacial score (nSPS) is 19.5. The molecule has 0 bridgehead atoms. The van der Waals surface area contributed by atoms with Gasteiger partial charge in [0.1, 0.15) is 5.75 Å². The summed E-state index contributed by atoms with van der Waals surface area (Å²) in [4.78, 5) is 4.71. The monoisotopic (exact) mass is 379 g/mol. The zero-order valence-electron chi connectivity index (χ0n) is 17.8. The van der Waals surface area contributed by atoms with Crippen molar-refractivity contribution >= 4 is 0 Å². The summed E-state index contributed by atoms with van der Waals surface area (Å²) in [6, 6.07) is 12.8. The summed E-state index contributed by atoms with van der Waals surface area (Å²) in [5.74, 6) is 2.87. The first kappa shape index (κ1) is 20.9. The van der Waals surface area contributed by atoms with Crippen molar-refractivity contribution in [1.29, 1.82) is 0 Å². The average molecular weight is 380 g/mol. The van der Waals surface area contributed by atoms with E-state index < -0.39 is 0 Å². The minimum Gasteiger partial charge on any atom is -0.494 e. The molecule has 2 aromatic rings. The summed E-state index contributed by atoms with van der Waals surface area (Å²) in [5, 5.41) is 0. The number of aryl methyl sites for hydroxylation is 1. The van der Waals surface area contributed by atoms with Gasteiger partial charge in [-0.05, 0) is 67.0 Å². The van der Waals surface area contributed by atoms with E-state index in [0.717, 1.165) is 41.9 Å². The SMILES string of the molecule is CCCCCOc1ccc(-c2ccc(CCC3CCC(CC)CC3)cn2)cc1. The number of hydrogen-bond donors (Lipinski definition) is 0. The van der Waals surface area contributed by atoms with Crippen LogP contribution in [-0.4, -0.2) is 11.6 Å². The number of unbranched alkanes of at least 4 members (excludes halogenated alkanes) is 2. The highest BCUT2D eigenvalue weighted by molar-refractivity contribution is 5.60. The second-order valence-electron chi connectivity index (χ2n) is 8.47. The molecule has 0 spiro atoms. The number of aromatic nitrogens is 1. The number of ether oxygens (including phenoxy) is 1. The van der Waals surface area contributed by atoms with Crippen LogP contribution in [0, 0.1) is 11.8 Å². The second kappa shape index (κ2) is 11.2. The number of pyridine rings is 1. The molecule has 0 unspecified atom stereocenters. The average Bonchev–Trinajstić information content (AvgIpc) is 2.76. The van der Waals surface area contributed by atoms with Gasteiger partial charge in [-0.3, -0.25) is 4.98 Å². The maximum absolute atomic E-state index is 5.80. The Morgan fingerprint density at radius 2 is 1.64 bits per heavy atom. The third-order valence-electron chi connectivity index (χ3n) is 6.38. The molecule has 3 rings (SSSR count). The van der Waals surface area contributed by atoms with Crippen LogP contribution >= 0.6 is 0 Å². The molecule has 0 amide bonds. The molecule has 0 saturated heterocycles. The molecule has 1 heterocycles. The van der Waals surface area contributed by atoms with Gasteiger partial charge in [-0.25, -0.2) is 0 Å². The summed E-state index contributed by atoms with van der Waals surface area (Å²) in [6.45, 7) is 5.36. The van der Waals surface area contributed by atoms with Gasteiger partial charge in [-0.2, -0.15) is 0 Å². The predicted octanol–water partition coefficient (Wildman–Crippen LogP) is 7.47. The fourth-order valence-corrected chi connectivity index (χ4v) is 4.31. The van der Waals surface area contributed by atoms with Crippen LogP contribution < -0.4 is 4.74 Å². The van der Waals surface area contributed by atoms with Gasteiger partial charge in [0.05, 0.1) is 12.3 Å². The minimum atomic E-state index is 0.806. The Bertz CT molecular complexity index is 669. The van der Waals surface area contributed by atoms with Crippen LogP contribution in [0.25, 0.3) is 11.3 Å². The summed E-state index contributed by atoms with van der Waals surface area (Å²) < 4.78 is 5.80. The Balaban J connectivity index is 1.46. The second-order valence-corrected chi connectivity index (χ2v) is 8.47. The van der Waals surface area contributed by atoms with Crippen LogP contribution in [0.1, 0.15) is 77.2 Å². The van der Waals surface area contributed by atoms with Crippen molar-refractivity contribution < 1.29 is 4.74 Å². The standard InChI is InChI=1S/C26H37NO/c1-3-5-6-19-28-25-16-14-24(15-17-25)26-18-13-23(20-27-26)12-11-22-9-7-21(4-2)8-10-22/h13-18,20-22H,3-12,19H2,1-2H3. The van der Waals surface area contributed by atoms with Crippen molar-refractivity contribution in [1.82, 2.24) is 4.98 Å². The van der Waals surface area contributed by atoms with Gasteiger partial charge in [0.25, 0.3) is 0 Å². The van der Waals surface area contributed by atoms with Crippen molar-refractivity contribution in [2.24, 2.45) is 11.8 Å².